The predicted molar refractivity (Wildman–Crippen MR) is 112 cm³/mol. The Hall–Kier alpha value is -2.98. The Morgan fingerprint density at radius 2 is 1.77 bits per heavy atom. The van der Waals surface area contributed by atoms with E-state index in [4.69, 9.17) is 0 Å². The largest absolute Gasteiger partial charge is 0.354 e. The molecule has 1 aliphatic heterocycles. The van der Waals surface area contributed by atoms with E-state index in [-0.39, 0.29) is 28.1 Å². The first-order valence-electron chi connectivity index (χ1n) is 9.81. The van der Waals surface area contributed by atoms with Crippen molar-refractivity contribution in [3.05, 3.63) is 52.6 Å². The fraction of sp³-hybridized carbons (Fsp3) is 0.350. The van der Waals surface area contributed by atoms with Gasteiger partial charge in [-0.15, -0.1) is 0 Å². The van der Waals surface area contributed by atoms with E-state index in [0.717, 1.165) is 31.7 Å². The smallest absolute Gasteiger partial charge is 0.270 e. The molecule has 2 aromatic rings. The molecular weight excluding hydrogens is 408 g/mol. The molecule has 2 aromatic carbocycles. The van der Waals surface area contributed by atoms with Crippen molar-refractivity contribution < 1.29 is 18.1 Å². The van der Waals surface area contributed by atoms with Crippen molar-refractivity contribution in [1.29, 1.82) is 0 Å². The molecular formula is C20H22N4O5S. The normalized spacial score (nSPS) is 16.9. The van der Waals surface area contributed by atoms with Crippen LogP contribution >= 0.6 is 0 Å². The number of amides is 1. The van der Waals surface area contributed by atoms with Gasteiger partial charge in [-0.3, -0.25) is 14.9 Å². The fourth-order valence-electron chi connectivity index (χ4n) is 3.43. The summed E-state index contributed by atoms with van der Waals surface area (Å²) in [5, 5.41) is 17.1. The molecule has 1 aliphatic carbocycles. The summed E-state index contributed by atoms with van der Waals surface area (Å²) in [6.07, 6.45) is 3.31. The van der Waals surface area contributed by atoms with Crippen LogP contribution in [-0.2, 0) is 14.8 Å². The van der Waals surface area contributed by atoms with Crippen molar-refractivity contribution in [2.24, 2.45) is 5.92 Å². The first kappa shape index (κ1) is 20.3. The van der Waals surface area contributed by atoms with Gasteiger partial charge in [-0.05, 0) is 49.9 Å². The van der Waals surface area contributed by atoms with Crippen molar-refractivity contribution in [1.82, 2.24) is 4.31 Å². The zero-order chi connectivity index (χ0) is 21.3. The second-order valence-electron chi connectivity index (χ2n) is 7.52. The summed E-state index contributed by atoms with van der Waals surface area (Å²) in [5.41, 5.74) is 1.13. The Bertz CT molecular complexity index is 1090. The van der Waals surface area contributed by atoms with E-state index >= 15 is 0 Å². The molecule has 9 nitrogen and oxygen atoms in total. The van der Waals surface area contributed by atoms with E-state index < -0.39 is 14.9 Å². The van der Waals surface area contributed by atoms with Gasteiger partial charge in [-0.1, -0.05) is 6.07 Å². The number of rotatable bonds is 7. The van der Waals surface area contributed by atoms with E-state index in [1.165, 1.54) is 16.4 Å². The number of carbonyl (C=O) groups is 1. The quantitative estimate of drug-likeness (QED) is 0.512. The Labute approximate surface area is 174 Å². The molecule has 0 radical (unpaired) electrons. The maximum Gasteiger partial charge on any atom is 0.270 e. The van der Waals surface area contributed by atoms with Crippen molar-refractivity contribution in [3.63, 3.8) is 0 Å². The van der Waals surface area contributed by atoms with Crippen LogP contribution in [-0.4, -0.2) is 36.6 Å². The SMILES string of the molecule is O=C(Nc1cccc(Nc2ccc([N+](=O)[O-])cc2S(=O)(=O)N2CCCC2)c1)C1CC1. The Morgan fingerprint density at radius 1 is 1.07 bits per heavy atom. The number of nitrogens with one attached hydrogen (secondary N) is 2. The highest BCUT2D eigenvalue weighted by molar-refractivity contribution is 7.89. The molecule has 0 bridgehead atoms. The molecule has 1 saturated carbocycles. The van der Waals surface area contributed by atoms with Crippen LogP contribution in [0, 0.1) is 16.0 Å². The van der Waals surface area contributed by atoms with Gasteiger partial charge in [0.15, 0.2) is 0 Å². The van der Waals surface area contributed by atoms with Crippen molar-refractivity contribution >= 4 is 38.7 Å². The third-order valence-corrected chi connectivity index (χ3v) is 7.15. The lowest BCUT2D eigenvalue weighted by Gasteiger charge is -2.19. The van der Waals surface area contributed by atoms with Crippen LogP contribution in [0.3, 0.4) is 0 Å². The van der Waals surface area contributed by atoms with Gasteiger partial charge in [-0.25, -0.2) is 8.42 Å². The number of nitro groups is 1. The lowest BCUT2D eigenvalue weighted by Crippen LogP contribution is -2.28. The van der Waals surface area contributed by atoms with Gasteiger partial charge >= 0.3 is 0 Å². The summed E-state index contributed by atoms with van der Waals surface area (Å²) in [5.74, 6) is 0.0354. The van der Waals surface area contributed by atoms with Gasteiger partial charge < -0.3 is 10.6 Å². The van der Waals surface area contributed by atoms with E-state index in [0.29, 0.717) is 24.5 Å². The number of non-ortho nitro benzene ring substituents is 1. The first-order valence-corrected chi connectivity index (χ1v) is 11.3. The van der Waals surface area contributed by atoms with E-state index in [9.17, 15) is 23.3 Å². The van der Waals surface area contributed by atoms with Crippen LogP contribution in [0.5, 0.6) is 0 Å². The molecule has 1 heterocycles. The second-order valence-corrected chi connectivity index (χ2v) is 9.42. The summed E-state index contributed by atoms with van der Waals surface area (Å²) in [4.78, 5) is 22.5. The Kier molecular flexibility index (Phi) is 5.44. The number of nitrogens with zero attached hydrogens (tertiary/aromatic N) is 2. The second kappa shape index (κ2) is 8.04. The molecule has 0 aromatic heterocycles. The topological polar surface area (TPSA) is 122 Å². The third kappa shape index (κ3) is 4.29. The maximum absolute atomic E-state index is 13.1. The van der Waals surface area contributed by atoms with Gasteiger partial charge in [0, 0.05) is 42.5 Å². The number of anilines is 3. The first-order chi connectivity index (χ1) is 14.3. The van der Waals surface area contributed by atoms with Gasteiger partial charge in [0.05, 0.1) is 10.6 Å². The molecule has 10 heteroatoms. The Morgan fingerprint density at radius 3 is 2.43 bits per heavy atom. The summed E-state index contributed by atoms with van der Waals surface area (Å²) < 4.78 is 27.6. The highest BCUT2D eigenvalue weighted by Gasteiger charge is 2.31. The number of sulfonamides is 1. The summed E-state index contributed by atoms with van der Waals surface area (Å²) in [6, 6.07) is 10.7. The summed E-state index contributed by atoms with van der Waals surface area (Å²) in [7, 11) is -3.88. The van der Waals surface area contributed by atoms with E-state index in [1.807, 2.05) is 0 Å². The molecule has 2 N–H and O–H groups in total. The minimum atomic E-state index is -3.88. The van der Waals surface area contributed by atoms with E-state index in [1.54, 1.807) is 24.3 Å². The van der Waals surface area contributed by atoms with Crippen molar-refractivity contribution in [2.45, 2.75) is 30.6 Å². The minimum Gasteiger partial charge on any atom is -0.354 e. The molecule has 4 rings (SSSR count). The van der Waals surface area contributed by atoms with Crippen LogP contribution in [0.25, 0.3) is 0 Å². The molecule has 30 heavy (non-hydrogen) atoms. The van der Waals surface area contributed by atoms with Gasteiger partial charge in [0.1, 0.15) is 4.90 Å². The number of benzene rings is 2. The number of hydrogen-bond donors (Lipinski definition) is 2. The lowest BCUT2D eigenvalue weighted by molar-refractivity contribution is -0.385. The minimum absolute atomic E-state index is 0.0280. The van der Waals surface area contributed by atoms with Crippen molar-refractivity contribution in [3.8, 4) is 0 Å². The molecule has 0 atom stereocenters. The monoisotopic (exact) mass is 430 g/mol. The van der Waals surface area contributed by atoms with Crippen LogP contribution < -0.4 is 10.6 Å². The predicted octanol–water partition coefficient (Wildman–Crippen LogP) is 3.47. The van der Waals surface area contributed by atoms with Gasteiger partial charge in [-0.2, -0.15) is 4.31 Å². The zero-order valence-electron chi connectivity index (χ0n) is 16.2. The van der Waals surface area contributed by atoms with Crippen molar-refractivity contribution in [2.75, 3.05) is 23.7 Å². The van der Waals surface area contributed by atoms with Gasteiger partial charge in [0.25, 0.3) is 5.69 Å². The van der Waals surface area contributed by atoms with Crippen LogP contribution in [0.2, 0.25) is 0 Å². The fourth-order valence-corrected chi connectivity index (χ4v) is 5.11. The summed E-state index contributed by atoms with van der Waals surface area (Å²) in [6.45, 7) is 0.792. The number of hydrogen-bond acceptors (Lipinski definition) is 6. The molecule has 0 spiro atoms. The van der Waals surface area contributed by atoms with Gasteiger partial charge in [0.2, 0.25) is 15.9 Å². The number of carbonyl (C=O) groups excluding carboxylic acids is 1. The maximum atomic E-state index is 13.1. The average molecular weight is 430 g/mol. The van der Waals surface area contributed by atoms with E-state index in [2.05, 4.69) is 10.6 Å². The summed E-state index contributed by atoms with van der Waals surface area (Å²) >= 11 is 0. The highest BCUT2D eigenvalue weighted by Crippen LogP contribution is 2.34. The van der Waals surface area contributed by atoms with Crippen LogP contribution in [0.15, 0.2) is 47.4 Å². The molecule has 158 valence electrons. The molecule has 2 aliphatic rings. The lowest BCUT2D eigenvalue weighted by atomic mass is 10.2. The third-order valence-electron chi connectivity index (χ3n) is 5.22. The molecule has 1 saturated heterocycles. The standard InChI is InChI=1S/C20H22N4O5S/c25-20(14-6-7-14)22-16-5-3-4-15(12-16)21-18-9-8-17(24(26)27)13-19(18)30(28,29)23-10-1-2-11-23/h3-5,8-9,12-14,21H,1-2,6-7,10-11H2,(H,22,25). The zero-order valence-corrected chi connectivity index (χ0v) is 17.0. The number of nitro benzene ring substituents is 1. The highest BCUT2D eigenvalue weighted by atomic mass is 32.2. The average Bonchev–Trinajstić information content (AvgIpc) is 3.42. The van der Waals surface area contributed by atoms with Crippen LogP contribution in [0.4, 0.5) is 22.7 Å². The van der Waals surface area contributed by atoms with Crippen LogP contribution in [0.1, 0.15) is 25.7 Å². The Balaban J connectivity index is 1.65. The molecule has 1 amide bonds. The molecule has 0 unspecified atom stereocenters. The molecule has 2 fully saturated rings.